The molecule has 0 spiro atoms. The number of rotatable bonds is 4. The van der Waals surface area contributed by atoms with Gasteiger partial charge >= 0.3 is 0 Å². The van der Waals surface area contributed by atoms with Gasteiger partial charge in [-0.2, -0.15) is 0 Å². The summed E-state index contributed by atoms with van der Waals surface area (Å²) in [5.74, 6) is 0. The van der Waals surface area contributed by atoms with Crippen molar-refractivity contribution in [3.63, 3.8) is 0 Å². The van der Waals surface area contributed by atoms with Gasteiger partial charge in [0.15, 0.2) is 0 Å². The van der Waals surface area contributed by atoms with Crippen LogP contribution in [0.5, 0.6) is 0 Å². The van der Waals surface area contributed by atoms with Crippen LogP contribution >= 0.6 is 22.9 Å². The molecule has 0 bridgehead atoms. The van der Waals surface area contributed by atoms with Crippen LogP contribution in [-0.4, -0.2) is 87.6 Å². The van der Waals surface area contributed by atoms with Crippen molar-refractivity contribution >= 4 is 28.6 Å². The predicted octanol–water partition coefficient (Wildman–Crippen LogP) is 2.40. The summed E-state index contributed by atoms with van der Waals surface area (Å²) >= 11 is 7.70. The molecule has 1 atom stereocenters. The normalized spacial score (nSPS) is 27.7. The van der Waals surface area contributed by atoms with Crippen LogP contribution in [-0.2, 0) is 9.47 Å². The van der Waals surface area contributed by atoms with E-state index in [0.29, 0.717) is 6.10 Å². The van der Waals surface area contributed by atoms with Crippen molar-refractivity contribution in [3.8, 4) is 0 Å². The molecule has 0 aromatic carbocycles. The molecule has 25 heavy (non-hydrogen) atoms. The highest BCUT2D eigenvalue weighted by Gasteiger charge is 2.28. The minimum atomic E-state index is 0.298. The number of likely N-dealkylation sites (tertiary alicyclic amines) is 1. The molecule has 3 aliphatic rings. The third kappa shape index (κ3) is 4.67. The molecule has 4 heterocycles. The fraction of sp³-hybridized carbons (Fsp3) is 0.778. The molecule has 1 aromatic heterocycles. The summed E-state index contributed by atoms with van der Waals surface area (Å²) in [6, 6.07) is 2.82. The van der Waals surface area contributed by atoms with Gasteiger partial charge < -0.3 is 19.3 Å². The Hall–Kier alpha value is -0.370. The molecule has 0 aliphatic carbocycles. The van der Waals surface area contributed by atoms with E-state index < -0.39 is 0 Å². The zero-order valence-corrected chi connectivity index (χ0v) is 16.3. The Labute approximate surface area is 159 Å². The minimum absolute atomic E-state index is 0.298. The lowest BCUT2D eigenvalue weighted by molar-refractivity contribution is -0.0146. The Morgan fingerprint density at radius 3 is 2.60 bits per heavy atom. The summed E-state index contributed by atoms with van der Waals surface area (Å²) in [5.41, 5.74) is 1.24. The molecule has 3 saturated heterocycles. The van der Waals surface area contributed by atoms with Crippen LogP contribution in [0.25, 0.3) is 0 Å². The predicted molar refractivity (Wildman–Crippen MR) is 103 cm³/mol. The third-order valence-electron chi connectivity index (χ3n) is 5.64. The van der Waals surface area contributed by atoms with E-state index in [4.69, 9.17) is 21.1 Å². The second-order valence-corrected chi connectivity index (χ2v) is 8.77. The fourth-order valence-electron chi connectivity index (χ4n) is 4.23. The van der Waals surface area contributed by atoms with Gasteiger partial charge in [-0.1, -0.05) is 11.6 Å². The molecule has 0 radical (unpaired) electrons. The molecule has 3 fully saturated rings. The Morgan fingerprint density at radius 1 is 1.08 bits per heavy atom. The smallest absolute Gasteiger partial charge is 0.0949 e. The van der Waals surface area contributed by atoms with Crippen LogP contribution in [0.1, 0.15) is 12.8 Å². The van der Waals surface area contributed by atoms with E-state index in [-0.39, 0.29) is 0 Å². The molecule has 140 valence electrons. The highest BCUT2D eigenvalue weighted by molar-refractivity contribution is 7.14. The van der Waals surface area contributed by atoms with E-state index in [1.165, 1.54) is 31.6 Å². The van der Waals surface area contributed by atoms with Crippen LogP contribution in [0.2, 0.25) is 4.34 Å². The van der Waals surface area contributed by atoms with Crippen LogP contribution in [0, 0.1) is 0 Å². The molecule has 0 saturated carbocycles. The van der Waals surface area contributed by atoms with E-state index in [1.54, 1.807) is 11.3 Å². The molecule has 1 unspecified atom stereocenters. The fourth-order valence-corrected chi connectivity index (χ4v) is 5.11. The molecule has 0 N–H and O–H groups in total. The third-order valence-corrected chi connectivity index (χ3v) is 6.72. The summed E-state index contributed by atoms with van der Waals surface area (Å²) in [6.45, 7) is 10.2. The lowest BCUT2D eigenvalue weighted by atomic mass is 10.0. The molecular weight excluding hydrogens is 358 g/mol. The van der Waals surface area contributed by atoms with Crippen LogP contribution in [0.3, 0.4) is 0 Å². The van der Waals surface area contributed by atoms with Crippen LogP contribution in [0.4, 0.5) is 5.69 Å². The van der Waals surface area contributed by atoms with Gasteiger partial charge in [0.05, 0.1) is 30.3 Å². The van der Waals surface area contributed by atoms with Crippen molar-refractivity contribution < 1.29 is 9.47 Å². The first-order chi connectivity index (χ1) is 12.3. The monoisotopic (exact) mass is 385 g/mol. The van der Waals surface area contributed by atoms with Gasteiger partial charge in [-0.25, -0.2) is 0 Å². The lowest BCUT2D eigenvalue weighted by Crippen LogP contribution is -2.52. The Kier molecular flexibility index (Phi) is 6.16. The van der Waals surface area contributed by atoms with E-state index in [0.717, 1.165) is 62.9 Å². The first kappa shape index (κ1) is 18.0. The molecule has 1 aromatic rings. The Balaban J connectivity index is 1.24. The van der Waals surface area contributed by atoms with Crippen molar-refractivity contribution in [1.29, 1.82) is 0 Å². The summed E-state index contributed by atoms with van der Waals surface area (Å²) < 4.78 is 12.4. The first-order valence-electron chi connectivity index (χ1n) is 9.42. The summed E-state index contributed by atoms with van der Waals surface area (Å²) in [5, 5.41) is 2.15. The number of anilines is 1. The Bertz CT molecular complexity index is 544. The summed E-state index contributed by atoms with van der Waals surface area (Å²) in [6.07, 6.45) is 2.85. The maximum Gasteiger partial charge on any atom is 0.0949 e. The zero-order valence-electron chi connectivity index (χ0n) is 14.7. The number of hydrogen-bond donors (Lipinski definition) is 0. The van der Waals surface area contributed by atoms with Gasteiger partial charge in [0, 0.05) is 49.8 Å². The Morgan fingerprint density at radius 2 is 1.88 bits per heavy atom. The van der Waals surface area contributed by atoms with Gasteiger partial charge in [0.2, 0.25) is 0 Å². The van der Waals surface area contributed by atoms with Gasteiger partial charge in [-0.05, 0) is 32.0 Å². The van der Waals surface area contributed by atoms with E-state index in [1.807, 2.05) is 0 Å². The number of ether oxygens (including phenoxy) is 2. The molecule has 5 nitrogen and oxygen atoms in total. The molecule has 0 amide bonds. The maximum atomic E-state index is 6.09. The average molecular weight is 386 g/mol. The van der Waals surface area contributed by atoms with Crippen LogP contribution < -0.4 is 4.90 Å². The van der Waals surface area contributed by atoms with Gasteiger partial charge in [0.1, 0.15) is 0 Å². The second-order valence-electron chi connectivity index (χ2n) is 7.23. The highest BCUT2D eigenvalue weighted by atomic mass is 35.5. The second kappa shape index (κ2) is 8.55. The summed E-state index contributed by atoms with van der Waals surface area (Å²) in [7, 11) is 0. The quantitative estimate of drug-likeness (QED) is 0.793. The molecule has 4 rings (SSSR count). The van der Waals surface area contributed by atoms with Gasteiger partial charge in [0.25, 0.3) is 0 Å². The standard InChI is InChI=1S/C18H28ClN3O2S/c19-18-11-16(14-25-18)22-7-10-24-17(13-22)12-20-3-1-15(2-4-20)21-5-8-23-9-6-21/h11,14-15,17H,1-10,12-13H2. The van der Waals surface area contributed by atoms with Crippen molar-refractivity contribution in [3.05, 3.63) is 15.8 Å². The van der Waals surface area contributed by atoms with Crippen molar-refractivity contribution in [1.82, 2.24) is 9.80 Å². The van der Waals surface area contributed by atoms with Gasteiger partial charge in [-0.3, -0.25) is 4.90 Å². The summed E-state index contributed by atoms with van der Waals surface area (Å²) in [4.78, 5) is 7.63. The number of thiophene rings is 1. The number of morpholine rings is 2. The maximum absolute atomic E-state index is 6.09. The molecule has 7 heteroatoms. The van der Waals surface area contributed by atoms with Gasteiger partial charge in [-0.15, -0.1) is 11.3 Å². The van der Waals surface area contributed by atoms with E-state index >= 15 is 0 Å². The molecular formula is C18H28ClN3O2S. The number of nitrogens with zero attached hydrogens (tertiary/aromatic N) is 3. The van der Waals surface area contributed by atoms with Crippen molar-refractivity contribution in [2.24, 2.45) is 0 Å². The zero-order chi connectivity index (χ0) is 17.1. The van der Waals surface area contributed by atoms with Crippen molar-refractivity contribution in [2.45, 2.75) is 25.0 Å². The largest absolute Gasteiger partial charge is 0.379 e. The van der Waals surface area contributed by atoms with Crippen molar-refractivity contribution in [2.75, 3.05) is 70.5 Å². The lowest BCUT2D eigenvalue weighted by Gasteiger charge is -2.42. The number of piperidine rings is 1. The van der Waals surface area contributed by atoms with E-state index in [2.05, 4.69) is 26.1 Å². The SMILES string of the molecule is Clc1cc(N2CCOC(CN3CCC(N4CCOCC4)CC3)C2)cs1. The number of halogens is 1. The first-order valence-corrected chi connectivity index (χ1v) is 10.7. The molecule has 3 aliphatic heterocycles. The number of hydrogen-bond acceptors (Lipinski definition) is 6. The van der Waals surface area contributed by atoms with Crippen LogP contribution in [0.15, 0.2) is 11.4 Å². The topological polar surface area (TPSA) is 28.2 Å². The van der Waals surface area contributed by atoms with E-state index in [9.17, 15) is 0 Å². The average Bonchev–Trinajstić information content (AvgIpc) is 3.10. The highest BCUT2D eigenvalue weighted by Crippen LogP contribution is 2.28. The minimum Gasteiger partial charge on any atom is -0.379 e.